The molecule has 17 heavy (non-hydrogen) atoms. The largest absolute Gasteiger partial charge is 0.449 e. The van der Waals surface area contributed by atoms with Gasteiger partial charge < -0.3 is 9.32 Å². The Balaban J connectivity index is 0.00000108. The third-order valence-electron chi connectivity index (χ3n) is 3.13. The molecule has 1 aromatic carbocycles. The standard InChI is InChI=1S/C12H11BrClNO.BrH/c1-15-5-4-7-9(14)2-3-10-11(7)8(6-15)12(13)16-10;/h2-3H,4-6H2,1H3;1H. The van der Waals surface area contributed by atoms with Crippen LogP contribution in [-0.2, 0) is 13.0 Å². The molecule has 0 radical (unpaired) electrons. The second-order valence-corrected chi connectivity index (χ2v) is 5.37. The summed E-state index contributed by atoms with van der Waals surface area (Å²) in [7, 11) is 2.12. The predicted octanol–water partition coefficient (Wildman–Crippen LogP) is 4.41. The molecule has 2 nitrogen and oxygen atoms in total. The molecular formula is C12H12Br2ClNO. The highest BCUT2D eigenvalue weighted by Gasteiger charge is 2.21. The molecule has 0 aliphatic carbocycles. The van der Waals surface area contributed by atoms with E-state index in [4.69, 9.17) is 16.0 Å². The van der Waals surface area contributed by atoms with E-state index in [1.54, 1.807) is 0 Å². The van der Waals surface area contributed by atoms with E-state index in [2.05, 4.69) is 27.9 Å². The molecule has 0 saturated carbocycles. The second-order valence-electron chi connectivity index (χ2n) is 4.24. The average molecular weight is 381 g/mol. The normalized spacial score (nSPS) is 15.7. The summed E-state index contributed by atoms with van der Waals surface area (Å²) in [6, 6.07) is 3.87. The number of benzene rings is 1. The molecule has 92 valence electrons. The molecule has 0 saturated heterocycles. The highest BCUT2D eigenvalue weighted by molar-refractivity contribution is 9.10. The lowest BCUT2D eigenvalue weighted by molar-refractivity contribution is 0.333. The van der Waals surface area contributed by atoms with Crippen molar-refractivity contribution in [2.45, 2.75) is 13.0 Å². The Bertz CT molecular complexity index is 567. The van der Waals surface area contributed by atoms with Gasteiger partial charge in [0.2, 0.25) is 0 Å². The fourth-order valence-electron chi connectivity index (χ4n) is 2.31. The van der Waals surface area contributed by atoms with Crippen molar-refractivity contribution >= 4 is 55.5 Å². The van der Waals surface area contributed by atoms with Gasteiger partial charge in [-0.15, -0.1) is 17.0 Å². The minimum atomic E-state index is 0. The molecule has 1 aromatic heterocycles. The van der Waals surface area contributed by atoms with Crippen LogP contribution in [0.25, 0.3) is 11.0 Å². The van der Waals surface area contributed by atoms with Crippen molar-refractivity contribution in [2.75, 3.05) is 13.6 Å². The average Bonchev–Trinajstić information content (AvgIpc) is 2.46. The van der Waals surface area contributed by atoms with Gasteiger partial charge in [0.05, 0.1) is 0 Å². The summed E-state index contributed by atoms with van der Waals surface area (Å²) in [5, 5.41) is 2.04. The fourth-order valence-corrected chi connectivity index (χ4v) is 3.06. The Morgan fingerprint density at radius 3 is 2.88 bits per heavy atom. The number of hydrogen-bond donors (Lipinski definition) is 0. The van der Waals surface area contributed by atoms with E-state index in [1.165, 1.54) is 16.5 Å². The third-order valence-corrected chi connectivity index (χ3v) is 4.12. The maximum Gasteiger partial charge on any atom is 0.175 e. The van der Waals surface area contributed by atoms with Crippen LogP contribution in [0.1, 0.15) is 11.1 Å². The molecule has 0 amide bonds. The highest BCUT2D eigenvalue weighted by Crippen LogP contribution is 2.38. The third kappa shape index (κ3) is 2.16. The summed E-state index contributed by atoms with van der Waals surface area (Å²) in [4.78, 5) is 2.28. The van der Waals surface area contributed by atoms with Gasteiger partial charge in [0.15, 0.2) is 4.67 Å². The Morgan fingerprint density at radius 1 is 1.35 bits per heavy atom. The lowest BCUT2D eigenvalue weighted by Crippen LogP contribution is -2.18. The van der Waals surface area contributed by atoms with Crippen molar-refractivity contribution in [3.8, 4) is 0 Å². The molecule has 2 aromatic rings. The molecule has 0 N–H and O–H groups in total. The monoisotopic (exact) mass is 379 g/mol. The summed E-state index contributed by atoms with van der Waals surface area (Å²) in [6.45, 7) is 1.93. The van der Waals surface area contributed by atoms with E-state index in [-0.39, 0.29) is 17.0 Å². The Hall–Kier alpha value is -0.0300. The molecule has 2 heterocycles. The summed E-state index contributed by atoms with van der Waals surface area (Å²) >= 11 is 9.75. The number of rotatable bonds is 0. The topological polar surface area (TPSA) is 16.4 Å². The molecule has 1 aliphatic rings. The zero-order valence-electron chi connectivity index (χ0n) is 9.30. The van der Waals surface area contributed by atoms with Crippen LogP contribution in [0, 0.1) is 0 Å². The van der Waals surface area contributed by atoms with Crippen molar-refractivity contribution in [1.82, 2.24) is 4.90 Å². The Labute approximate surface area is 124 Å². The van der Waals surface area contributed by atoms with Crippen LogP contribution in [-0.4, -0.2) is 18.5 Å². The molecule has 1 aliphatic heterocycles. The summed E-state index contributed by atoms with van der Waals surface area (Å²) in [5.41, 5.74) is 3.36. The molecule has 0 spiro atoms. The summed E-state index contributed by atoms with van der Waals surface area (Å²) in [6.07, 6.45) is 0.978. The van der Waals surface area contributed by atoms with Crippen LogP contribution in [0.2, 0.25) is 5.02 Å². The van der Waals surface area contributed by atoms with Gasteiger partial charge in [0.25, 0.3) is 0 Å². The first-order valence-electron chi connectivity index (χ1n) is 5.23. The Morgan fingerprint density at radius 2 is 2.12 bits per heavy atom. The first-order valence-corrected chi connectivity index (χ1v) is 6.40. The minimum absolute atomic E-state index is 0. The minimum Gasteiger partial charge on any atom is -0.449 e. The smallest absolute Gasteiger partial charge is 0.175 e. The van der Waals surface area contributed by atoms with Gasteiger partial charge in [-0.2, -0.15) is 0 Å². The molecular weight excluding hydrogens is 369 g/mol. The predicted molar refractivity (Wildman–Crippen MR) is 79.3 cm³/mol. The van der Waals surface area contributed by atoms with Crippen molar-refractivity contribution < 1.29 is 4.42 Å². The maximum absolute atomic E-state index is 6.26. The van der Waals surface area contributed by atoms with Crippen LogP contribution >= 0.6 is 44.5 Å². The molecule has 0 atom stereocenters. The molecule has 0 unspecified atom stereocenters. The zero-order valence-corrected chi connectivity index (χ0v) is 13.4. The number of likely N-dealkylation sites (N-methyl/N-ethyl adjacent to an activating group) is 1. The van der Waals surface area contributed by atoms with E-state index in [1.807, 2.05) is 12.1 Å². The lowest BCUT2D eigenvalue weighted by atomic mass is 10.1. The van der Waals surface area contributed by atoms with Crippen molar-refractivity contribution in [3.05, 3.63) is 33.0 Å². The summed E-state index contributed by atoms with van der Waals surface area (Å²) in [5.74, 6) is 0. The van der Waals surface area contributed by atoms with Gasteiger partial charge in [0.1, 0.15) is 5.58 Å². The van der Waals surface area contributed by atoms with Crippen LogP contribution in [0.5, 0.6) is 0 Å². The molecule has 0 bridgehead atoms. The van der Waals surface area contributed by atoms with Gasteiger partial charge in [0, 0.05) is 29.1 Å². The number of halogens is 3. The van der Waals surface area contributed by atoms with Crippen LogP contribution in [0.3, 0.4) is 0 Å². The Kier molecular flexibility index (Phi) is 3.88. The van der Waals surface area contributed by atoms with Gasteiger partial charge in [-0.3, -0.25) is 0 Å². The molecule has 0 fully saturated rings. The number of nitrogens with zero attached hydrogens (tertiary/aromatic N) is 1. The van der Waals surface area contributed by atoms with Crippen molar-refractivity contribution in [3.63, 3.8) is 0 Å². The van der Waals surface area contributed by atoms with Gasteiger partial charge in [-0.1, -0.05) is 11.6 Å². The maximum atomic E-state index is 6.26. The fraction of sp³-hybridized carbons (Fsp3) is 0.333. The first-order chi connectivity index (χ1) is 7.66. The van der Waals surface area contributed by atoms with Gasteiger partial charge in [-0.05, 0) is 47.1 Å². The summed E-state index contributed by atoms with van der Waals surface area (Å²) < 4.78 is 6.53. The van der Waals surface area contributed by atoms with E-state index in [9.17, 15) is 0 Å². The van der Waals surface area contributed by atoms with Gasteiger partial charge >= 0.3 is 0 Å². The lowest BCUT2D eigenvalue weighted by Gasteiger charge is -2.12. The quantitative estimate of drug-likeness (QED) is 0.672. The molecule has 3 rings (SSSR count). The van der Waals surface area contributed by atoms with Gasteiger partial charge in [-0.25, -0.2) is 0 Å². The van der Waals surface area contributed by atoms with Crippen molar-refractivity contribution in [2.24, 2.45) is 0 Å². The number of hydrogen-bond acceptors (Lipinski definition) is 2. The van der Waals surface area contributed by atoms with Crippen LogP contribution in [0.15, 0.2) is 21.2 Å². The van der Waals surface area contributed by atoms with Crippen LogP contribution in [0.4, 0.5) is 0 Å². The van der Waals surface area contributed by atoms with Crippen molar-refractivity contribution in [1.29, 1.82) is 0 Å². The zero-order chi connectivity index (χ0) is 11.3. The molecule has 5 heteroatoms. The number of furan rings is 1. The highest BCUT2D eigenvalue weighted by atomic mass is 79.9. The van der Waals surface area contributed by atoms with Crippen LogP contribution < -0.4 is 0 Å². The van der Waals surface area contributed by atoms with E-state index < -0.39 is 0 Å². The SMILES string of the molecule is Br.CN1CCc2c(Cl)ccc3oc(Br)c(c23)C1. The second kappa shape index (κ2) is 4.92. The van der Waals surface area contributed by atoms with E-state index in [0.717, 1.165) is 34.8 Å². The first kappa shape index (κ1) is 13.4. The van der Waals surface area contributed by atoms with E-state index >= 15 is 0 Å². The van der Waals surface area contributed by atoms with E-state index in [0.29, 0.717) is 0 Å².